The molecule has 1 unspecified atom stereocenters. The summed E-state index contributed by atoms with van der Waals surface area (Å²) in [6.07, 6.45) is 2.62. The van der Waals surface area contributed by atoms with Crippen LogP contribution in [0.15, 0.2) is 52.3 Å². The maximum Gasteiger partial charge on any atom is 0.337 e. The summed E-state index contributed by atoms with van der Waals surface area (Å²) in [6, 6.07) is 11.9. The average molecular weight is 363 g/mol. The van der Waals surface area contributed by atoms with Gasteiger partial charge in [-0.15, -0.1) is 0 Å². The second-order valence-corrected chi connectivity index (χ2v) is 8.71. The van der Waals surface area contributed by atoms with Gasteiger partial charge in [-0.3, -0.25) is 0 Å². The standard InChI is InChI=1S/C18H18FNO2S2/c1-2-24(15-8-9-15)14-6-4-13(5-7-14)23-20-17-11-12(19)3-10-16(17)18(21)22/h2-7,10-11,15,20H,8-9H2,1H3,(H,21,22). The van der Waals surface area contributed by atoms with Gasteiger partial charge in [0.05, 0.1) is 11.3 Å². The van der Waals surface area contributed by atoms with Crippen LogP contribution >= 0.6 is 22.4 Å². The van der Waals surface area contributed by atoms with E-state index >= 15 is 0 Å². The highest BCUT2D eigenvalue weighted by atomic mass is 32.2. The highest BCUT2D eigenvalue weighted by Crippen LogP contribution is 2.45. The fraction of sp³-hybridized carbons (Fsp3) is 0.222. The Morgan fingerprint density at radius 2 is 2.00 bits per heavy atom. The van der Waals surface area contributed by atoms with Crippen molar-refractivity contribution < 1.29 is 14.3 Å². The molecule has 126 valence electrons. The van der Waals surface area contributed by atoms with E-state index in [1.807, 2.05) is 12.1 Å². The summed E-state index contributed by atoms with van der Waals surface area (Å²) in [5.41, 5.74) is 0.313. The maximum atomic E-state index is 13.4. The lowest BCUT2D eigenvalue weighted by atomic mass is 10.2. The maximum absolute atomic E-state index is 13.4. The monoisotopic (exact) mass is 363 g/mol. The molecule has 0 spiro atoms. The molecule has 0 radical (unpaired) electrons. The van der Waals surface area contributed by atoms with Crippen LogP contribution in [0.2, 0.25) is 0 Å². The number of aromatic carboxylic acids is 1. The molecule has 1 saturated carbocycles. The number of hydrogen-bond donors (Lipinski definition) is 2. The van der Waals surface area contributed by atoms with E-state index in [1.54, 1.807) is 0 Å². The van der Waals surface area contributed by atoms with E-state index in [9.17, 15) is 9.18 Å². The summed E-state index contributed by atoms with van der Waals surface area (Å²) in [4.78, 5) is 13.5. The summed E-state index contributed by atoms with van der Waals surface area (Å²) in [5, 5.41) is 12.2. The molecule has 1 atom stereocenters. The minimum absolute atomic E-state index is 0.0522. The number of carboxylic acid groups (broad SMARTS) is 1. The molecule has 1 aliphatic carbocycles. The number of carbonyl (C=O) groups is 1. The predicted octanol–water partition coefficient (Wildman–Crippen LogP) is 5.26. The van der Waals surface area contributed by atoms with Crippen molar-refractivity contribution in [1.82, 2.24) is 0 Å². The summed E-state index contributed by atoms with van der Waals surface area (Å²) in [7, 11) is 0.221. The number of rotatable bonds is 6. The van der Waals surface area contributed by atoms with Gasteiger partial charge in [-0.05, 0) is 74.2 Å². The number of hydrogen-bond acceptors (Lipinski definition) is 3. The number of halogens is 1. The Morgan fingerprint density at radius 1 is 1.29 bits per heavy atom. The number of anilines is 1. The van der Waals surface area contributed by atoms with E-state index in [0.717, 1.165) is 16.2 Å². The third kappa shape index (κ3) is 3.99. The largest absolute Gasteiger partial charge is 0.478 e. The van der Waals surface area contributed by atoms with Gasteiger partial charge in [0, 0.05) is 15.0 Å². The fourth-order valence-corrected chi connectivity index (χ4v) is 5.21. The lowest BCUT2D eigenvalue weighted by Crippen LogP contribution is -2.02. The van der Waals surface area contributed by atoms with Crippen molar-refractivity contribution in [2.24, 2.45) is 0 Å². The van der Waals surface area contributed by atoms with Crippen molar-refractivity contribution in [3.05, 3.63) is 53.8 Å². The smallest absolute Gasteiger partial charge is 0.337 e. The zero-order chi connectivity index (χ0) is 17.1. The van der Waals surface area contributed by atoms with Crippen LogP contribution in [0.25, 0.3) is 0 Å². The zero-order valence-electron chi connectivity index (χ0n) is 13.2. The fourth-order valence-electron chi connectivity index (χ4n) is 2.41. The first-order chi connectivity index (χ1) is 11.6. The van der Waals surface area contributed by atoms with Gasteiger partial charge >= 0.3 is 5.97 Å². The lowest BCUT2D eigenvalue weighted by Gasteiger charge is -2.11. The van der Waals surface area contributed by atoms with E-state index in [1.165, 1.54) is 41.8 Å². The molecule has 0 bridgehead atoms. The summed E-state index contributed by atoms with van der Waals surface area (Å²) >= 11 is 1.28. The second kappa shape index (κ2) is 7.40. The molecular formula is C18H18FNO2S2. The van der Waals surface area contributed by atoms with Crippen LogP contribution in [0, 0.1) is 5.82 Å². The number of nitrogens with one attached hydrogen (secondary N) is 1. The van der Waals surface area contributed by atoms with E-state index < -0.39 is 11.8 Å². The minimum Gasteiger partial charge on any atom is -0.478 e. The second-order valence-electron chi connectivity index (χ2n) is 5.48. The molecule has 0 aromatic heterocycles. The van der Waals surface area contributed by atoms with Gasteiger partial charge in [-0.25, -0.2) is 9.18 Å². The van der Waals surface area contributed by atoms with E-state index in [4.69, 9.17) is 5.11 Å². The van der Waals surface area contributed by atoms with Crippen molar-refractivity contribution >= 4 is 39.5 Å². The molecule has 0 amide bonds. The minimum atomic E-state index is -1.08. The van der Waals surface area contributed by atoms with Crippen LogP contribution in [0.4, 0.5) is 10.1 Å². The van der Waals surface area contributed by atoms with Crippen molar-refractivity contribution in [3.8, 4) is 0 Å². The molecule has 2 aromatic carbocycles. The Balaban J connectivity index is 1.71. The first kappa shape index (κ1) is 17.0. The highest BCUT2D eigenvalue weighted by Gasteiger charge is 2.25. The highest BCUT2D eigenvalue weighted by molar-refractivity contribution is 8.15. The Bertz CT molecular complexity index is 786. The molecule has 1 aliphatic rings. The van der Waals surface area contributed by atoms with Gasteiger partial charge in [-0.2, -0.15) is 10.5 Å². The van der Waals surface area contributed by atoms with Crippen molar-refractivity contribution in [1.29, 1.82) is 0 Å². The molecule has 6 heteroatoms. The Morgan fingerprint density at radius 3 is 2.58 bits per heavy atom. The number of carboxylic acids is 1. The predicted molar refractivity (Wildman–Crippen MR) is 99.9 cm³/mol. The Hall–Kier alpha value is -1.79. The SMILES string of the molecule is C/C=S(/c1ccc(SNc2cc(F)ccc2C(=O)O)cc1)C1CC1. The molecule has 3 rings (SSSR count). The molecule has 0 saturated heterocycles. The van der Waals surface area contributed by atoms with Gasteiger partial charge in [0.15, 0.2) is 0 Å². The van der Waals surface area contributed by atoms with Crippen LogP contribution in [0.1, 0.15) is 30.1 Å². The van der Waals surface area contributed by atoms with Gasteiger partial charge in [0.1, 0.15) is 5.82 Å². The normalized spacial score (nSPS) is 15.2. The third-order valence-electron chi connectivity index (χ3n) is 3.72. The zero-order valence-corrected chi connectivity index (χ0v) is 14.8. The quantitative estimate of drug-likeness (QED) is 0.543. The van der Waals surface area contributed by atoms with E-state index in [-0.39, 0.29) is 21.7 Å². The van der Waals surface area contributed by atoms with Crippen LogP contribution in [0.5, 0.6) is 0 Å². The summed E-state index contributed by atoms with van der Waals surface area (Å²) in [6.45, 7) is 2.11. The van der Waals surface area contributed by atoms with Crippen molar-refractivity contribution in [2.75, 3.05) is 4.72 Å². The van der Waals surface area contributed by atoms with Crippen LogP contribution in [-0.4, -0.2) is 21.7 Å². The molecule has 0 aliphatic heterocycles. The first-order valence-electron chi connectivity index (χ1n) is 7.65. The van der Waals surface area contributed by atoms with E-state index in [0.29, 0.717) is 0 Å². The van der Waals surface area contributed by atoms with Crippen molar-refractivity contribution in [2.45, 2.75) is 34.8 Å². The molecule has 3 nitrogen and oxygen atoms in total. The van der Waals surface area contributed by atoms with Gasteiger partial charge in [-0.1, -0.05) is 5.37 Å². The average Bonchev–Trinajstić information content (AvgIpc) is 3.39. The Labute approximate surface area is 147 Å². The van der Waals surface area contributed by atoms with Gasteiger partial charge < -0.3 is 9.83 Å². The summed E-state index contributed by atoms with van der Waals surface area (Å²) in [5.74, 6) is -1.55. The molecular weight excluding hydrogens is 345 g/mol. The lowest BCUT2D eigenvalue weighted by molar-refractivity contribution is 0.0698. The van der Waals surface area contributed by atoms with E-state index in [2.05, 4.69) is 29.1 Å². The van der Waals surface area contributed by atoms with Gasteiger partial charge in [0.2, 0.25) is 0 Å². The Kier molecular flexibility index (Phi) is 5.26. The summed E-state index contributed by atoms with van der Waals surface area (Å²) < 4.78 is 16.3. The van der Waals surface area contributed by atoms with Crippen LogP contribution < -0.4 is 4.72 Å². The van der Waals surface area contributed by atoms with Gasteiger partial charge in [0.25, 0.3) is 0 Å². The molecule has 0 heterocycles. The molecule has 1 fully saturated rings. The molecule has 2 N–H and O–H groups in total. The molecule has 24 heavy (non-hydrogen) atoms. The topological polar surface area (TPSA) is 49.3 Å². The first-order valence-corrected chi connectivity index (χ1v) is 9.82. The van der Waals surface area contributed by atoms with Crippen LogP contribution in [0.3, 0.4) is 0 Å². The molecule has 2 aromatic rings. The number of benzene rings is 2. The third-order valence-corrected chi connectivity index (χ3v) is 7.07. The van der Waals surface area contributed by atoms with Crippen molar-refractivity contribution in [3.63, 3.8) is 0 Å². The van der Waals surface area contributed by atoms with Crippen LogP contribution in [-0.2, 0) is 0 Å².